The number of benzene rings is 1. The van der Waals surface area contributed by atoms with Crippen LogP contribution in [0.25, 0.3) is 0 Å². The van der Waals surface area contributed by atoms with Crippen molar-refractivity contribution >= 4 is 23.6 Å². The van der Waals surface area contributed by atoms with Gasteiger partial charge in [-0.2, -0.15) is 0 Å². The maximum absolute atomic E-state index is 11.6. The lowest BCUT2D eigenvalue weighted by atomic mass is 10.1. The van der Waals surface area contributed by atoms with Gasteiger partial charge < -0.3 is 20.5 Å². The number of hydrogen-bond donors (Lipinski definition) is 2. The van der Waals surface area contributed by atoms with E-state index in [0.29, 0.717) is 11.6 Å². The maximum Gasteiger partial charge on any atom is 0.315 e. The molecule has 0 aliphatic heterocycles. The number of carbonyl (C=O) groups is 2. The van der Waals surface area contributed by atoms with Crippen molar-refractivity contribution < 1.29 is 14.7 Å². The summed E-state index contributed by atoms with van der Waals surface area (Å²) in [4.78, 5) is 22.4. The van der Waals surface area contributed by atoms with Crippen LogP contribution in [0.3, 0.4) is 0 Å². The van der Waals surface area contributed by atoms with Crippen molar-refractivity contribution in [2.45, 2.75) is 26.4 Å². The molecular weight excluding hydrogens is 268 g/mol. The van der Waals surface area contributed by atoms with Crippen LogP contribution in [0.5, 0.6) is 0 Å². The van der Waals surface area contributed by atoms with Crippen LogP contribution in [-0.4, -0.2) is 18.0 Å². The molecule has 1 aromatic rings. The van der Waals surface area contributed by atoms with E-state index in [9.17, 15) is 14.7 Å². The first-order chi connectivity index (χ1) is 8.90. The van der Waals surface area contributed by atoms with Gasteiger partial charge in [0.05, 0.1) is 12.0 Å². The molecule has 19 heavy (non-hydrogen) atoms. The molecule has 0 spiro atoms. The van der Waals surface area contributed by atoms with Gasteiger partial charge in [-0.15, -0.1) is 0 Å². The van der Waals surface area contributed by atoms with E-state index in [2.05, 4.69) is 10.6 Å². The standard InChI is InChI=1S/C13H17ClN2O3/c1-8(2)11(12(17)18)16-13(19)15-7-9-3-5-10(14)6-4-9/h3-6,8,11H,7H2,1-2H3,(H,17,18)(H2,15,16,19)/p-1/t11-/m0/s1. The van der Waals surface area contributed by atoms with Crippen LogP contribution in [0.4, 0.5) is 4.79 Å². The summed E-state index contributed by atoms with van der Waals surface area (Å²) >= 11 is 5.74. The second kappa shape index (κ2) is 6.99. The number of urea groups is 1. The molecule has 6 heteroatoms. The number of nitrogens with one attached hydrogen (secondary N) is 2. The largest absolute Gasteiger partial charge is 0.548 e. The number of carboxylic acid groups (broad SMARTS) is 1. The van der Waals surface area contributed by atoms with Crippen molar-refractivity contribution in [3.8, 4) is 0 Å². The van der Waals surface area contributed by atoms with Crippen molar-refractivity contribution in [1.29, 1.82) is 0 Å². The molecule has 0 radical (unpaired) electrons. The molecule has 2 N–H and O–H groups in total. The second-order valence-electron chi connectivity index (χ2n) is 4.49. The molecule has 1 aromatic carbocycles. The minimum atomic E-state index is -1.29. The Hall–Kier alpha value is -1.75. The molecule has 0 aliphatic rings. The summed E-state index contributed by atoms with van der Waals surface area (Å²) in [5.41, 5.74) is 0.870. The minimum Gasteiger partial charge on any atom is -0.548 e. The van der Waals surface area contributed by atoms with E-state index in [0.717, 1.165) is 5.56 Å². The molecule has 0 aliphatic carbocycles. The minimum absolute atomic E-state index is 0.244. The Kier molecular flexibility index (Phi) is 5.63. The van der Waals surface area contributed by atoms with E-state index in [-0.39, 0.29) is 5.92 Å². The maximum atomic E-state index is 11.6. The normalized spacial score (nSPS) is 12.0. The Morgan fingerprint density at radius 2 is 1.84 bits per heavy atom. The number of carbonyl (C=O) groups excluding carboxylic acids is 2. The zero-order valence-electron chi connectivity index (χ0n) is 10.8. The monoisotopic (exact) mass is 283 g/mol. The summed E-state index contributed by atoms with van der Waals surface area (Å²) in [6, 6.07) is 5.44. The van der Waals surface area contributed by atoms with Gasteiger partial charge in [-0.25, -0.2) is 4.79 Å². The third kappa shape index (κ3) is 5.18. The molecule has 1 rings (SSSR count). The predicted molar refractivity (Wildman–Crippen MR) is 70.5 cm³/mol. The Labute approximate surface area is 117 Å². The van der Waals surface area contributed by atoms with Gasteiger partial charge in [0.25, 0.3) is 0 Å². The second-order valence-corrected chi connectivity index (χ2v) is 4.93. The number of halogens is 1. The van der Waals surface area contributed by atoms with Gasteiger partial charge in [-0.05, 0) is 23.6 Å². The van der Waals surface area contributed by atoms with Gasteiger partial charge in [0.15, 0.2) is 0 Å². The van der Waals surface area contributed by atoms with Crippen molar-refractivity contribution in [1.82, 2.24) is 10.6 Å². The summed E-state index contributed by atoms with van der Waals surface area (Å²) in [5, 5.41) is 16.4. The van der Waals surface area contributed by atoms with Crippen LogP contribution in [0.15, 0.2) is 24.3 Å². The van der Waals surface area contributed by atoms with E-state index in [4.69, 9.17) is 11.6 Å². The molecule has 5 nitrogen and oxygen atoms in total. The highest BCUT2D eigenvalue weighted by atomic mass is 35.5. The highest BCUT2D eigenvalue weighted by Gasteiger charge is 2.16. The van der Waals surface area contributed by atoms with E-state index in [1.165, 1.54) is 0 Å². The third-order valence-electron chi connectivity index (χ3n) is 2.57. The van der Waals surface area contributed by atoms with E-state index >= 15 is 0 Å². The van der Waals surface area contributed by atoms with Crippen molar-refractivity contribution in [3.05, 3.63) is 34.9 Å². The number of aliphatic carboxylic acids is 1. The number of rotatable bonds is 5. The fourth-order valence-corrected chi connectivity index (χ4v) is 1.60. The first-order valence-corrected chi connectivity index (χ1v) is 6.27. The lowest BCUT2D eigenvalue weighted by Crippen LogP contribution is -2.53. The molecule has 1 atom stereocenters. The average molecular weight is 284 g/mol. The third-order valence-corrected chi connectivity index (χ3v) is 2.83. The lowest BCUT2D eigenvalue weighted by Gasteiger charge is -2.23. The van der Waals surface area contributed by atoms with Gasteiger partial charge in [0.1, 0.15) is 0 Å². The van der Waals surface area contributed by atoms with Gasteiger partial charge >= 0.3 is 6.03 Å². The van der Waals surface area contributed by atoms with Gasteiger partial charge in [-0.3, -0.25) is 0 Å². The van der Waals surface area contributed by atoms with Crippen molar-refractivity contribution in [3.63, 3.8) is 0 Å². The van der Waals surface area contributed by atoms with Crippen LogP contribution >= 0.6 is 11.6 Å². The van der Waals surface area contributed by atoms with Gasteiger partial charge in [0.2, 0.25) is 0 Å². The van der Waals surface area contributed by atoms with Crippen molar-refractivity contribution in [2.24, 2.45) is 5.92 Å². The molecule has 0 saturated carbocycles. The molecule has 0 heterocycles. The molecule has 0 aromatic heterocycles. The average Bonchev–Trinajstić information content (AvgIpc) is 2.34. The Morgan fingerprint density at radius 1 is 1.26 bits per heavy atom. The summed E-state index contributed by atoms with van der Waals surface area (Å²) < 4.78 is 0. The van der Waals surface area contributed by atoms with E-state index < -0.39 is 18.0 Å². The highest BCUT2D eigenvalue weighted by molar-refractivity contribution is 6.30. The number of hydrogen-bond acceptors (Lipinski definition) is 3. The smallest absolute Gasteiger partial charge is 0.315 e. The van der Waals surface area contributed by atoms with Crippen LogP contribution in [0.2, 0.25) is 5.02 Å². The Bertz CT molecular complexity index is 446. The number of carboxylic acids is 1. The first-order valence-electron chi connectivity index (χ1n) is 5.90. The zero-order valence-corrected chi connectivity index (χ0v) is 11.5. The van der Waals surface area contributed by atoms with Crippen LogP contribution in [0.1, 0.15) is 19.4 Å². The topological polar surface area (TPSA) is 81.3 Å². The molecule has 104 valence electrons. The fourth-order valence-electron chi connectivity index (χ4n) is 1.47. The molecule has 0 bridgehead atoms. The zero-order chi connectivity index (χ0) is 14.4. The van der Waals surface area contributed by atoms with E-state index in [1.807, 2.05) is 0 Å². The van der Waals surface area contributed by atoms with Gasteiger partial charge in [0, 0.05) is 11.6 Å². The molecule has 2 amide bonds. The number of amides is 2. The summed E-state index contributed by atoms with van der Waals surface area (Å²) in [6.45, 7) is 3.68. The predicted octanol–water partition coefficient (Wildman–Crippen LogP) is 0.914. The molecule has 0 fully saturated rings. The fraction of sp³-hybridized carbons (Fsp3) is 0.385. The first kappa shape index (κ1) is 15.3. The SMILES string of the molecule is CC(C)[C@H](NC(=O)NCc1ccc(Cl)cc1)C(=O)[O-]. The van der Waals surface area contributed by atoms with E-state index in [1.54, 1.807) is 38.1 Å². The molecule has 0 unspecified atom stereocenters. The summed E-state index contributed by atoms with van der Waals surface area (Å²) in [7, 11) is 0. The van der Waals surface area contributed by atoms with Gasteiger partial charge in [-0.1, -0.05) is 37.6 Å². The summed E-state index contributed by atoms with van der Waals surface area (Å²) in [6.07, 6.45) is 0. The lowest BCUT2D eigenvalue weighted by molar-refractivity contribution is -0.309. The Balaban J connectivity index is 2.47. The highest BCUT2D eigenvalue weighted by Crippen LogP contribution is 2.09. The Morgan fingerprint density at radius 3 is 2.32 bits per heavy atom. The quantitative estimate of drug-likeness (QED) is 0.843. The van der Waals surface area contributed by atoms with Crippen LogP contribution in [-0.2, 0) is 11.3 Å². The molecular formula is C13H16ClN2O3-. The summed E-state index contributed by atoms with van der Waals surface area (Å²) in [5.74, 6) is -1.54. The van der Waals surface area contributed by atoms with Crippen LogP contribution < -0.4 is 15.7 Å². The van der Waals surface area contributed by atoms with Crippen LogP contribution in [0, 0.1) is 5.92 Å². The van der Waals surface area contributed by atoms with Crippen molar-refractivity contribution in [2.75, 3.05) is 0 Å². The molecule has 0 saturated heterocycles.